The van der Waals surface area contributed by atoms with E-state index in [2.05, 4.69) is 22.3 Å². The van der Waals surface area contributed by atoms with Gasteiger partial charge in [0, 0.05) is 39.0 Å². The summed E-state index contributed by atoms with van der Waals surface area (Å²) in [6, 6.07) is 10.3. The summed E-state index contributed by atoms with van der Waals surface area (Å²) in [5, 5.41) is 2.63. The SMILES string of the molecule is CNC(=O)CCN(C)CC(CN)c1ccccc1. The minimum absolute atomic E-state index is 0.0749. The number of amides is 1. The normalized spacial score (nSPS) is 12.4. The number of benzene rings is 1. The van der Waals surface area contributed by atoms with Crippen molar-refractivity contribution in [1.29, 1.82) is 0 Å². The molecule has 1 rings (SSSR count). The highest BCUT2D eigenvalue weighted by Gasteiger charge is 2.12. The molecular weight excluding hydrogens is 226 g/mol. The van der Waals surface area contributed by atoms with Crippen LogP contribution in [0.2, 0.25) is 0 Å². The van der Waals surface area contributed by atoms with Crippen LogP contribution >= 0.6 is 0 Å². The van der Waals surface area contributed by atoms with Gasteiger partial charge in [0.05, 0.1) is 0 Å². The first-order valence-corrected chi connectivity index (χ1v) is 6.31. The van der Waals surface area contributed by atoms with Crippen molar-refractivity contribution >= 4 is 5.91 Å². The fourth-order valence-electron chi connectivity index (χ4n) is 1.93. The molecule has 0 aliphatic rings. The number of hydrogen-bond donors (Lipinski definition) is 2. The van der Waals surface area contributed by atoms with Gasteiger partial charge in [-0.25, -0.2) is 0 Å². The van der Waals surface area contributed by atoms with Gasteiger partial charge in [0.2, 0.25) is 5.91 Å². The van der Waals surface area contributed by atoms with Crippen molar-refractivity contribution in [3.05, 3.63) is 35.9 Å². The molecule has 0 heterocycles. The van der Waals surface area contributed by atoms with Crippen molar-refractivity contribution in [3.63, 3.8) is 0 Å². The molecule has 100 valence electrons. The first-order valence-electron chi connectivity index (χ1n) is 6.31. The first kappa shape index (κ1) is 14.7. The van der Waals surface area contributed by atoms with Crippen LogP contribution < -0.4 is 11.1 Å². The van der Waals surface area contributed by atoms with Crippen LogP contribution in [-0.2, 0) is 4.79 Å². The molecule has 1 aromatic carbocycles. The monoisotopic (exact) mass is 249 g/mol. The molecule has 0 saturated carbocycles. The lowest BCUT2D eigenvalue weighted by Gasteiger charge is -2.23. The summed E-state index contributed by atoms with van der Waals surface area (Å²) in [5.41, 5.74) is 7.09. The third-order valence-electron chi connectivity index (χ3n) is 3.09. The van der Waals surface area contributed by atoms with Crippen molar-refractivity contribution in [2.24, 2.45) is 5.73 Å². The van der Waals surface area contributed by atoms with E-state index in [1.807, 2.05) is 25.2 Å². The topological polar surface area (TPSA) is 58.4 Å². The van der Waals surface area contributed by atoms with Crippen LogP contribution in [0.25, 0.3) is 0 Å². The summed E-state index contributed by atoms with van der Waals surface area (Å²) >= 11 is 0. The molecule has 1 unspecified atom stereocenters. The van der Waals surface area contributed by atoms with Gasteiger partial charge in [-0.1, -0.05) is 30.3 Å². The van der Waals surface area contributed by atoms with Crippen molar-refractivity contribution in [3.8, 4) is 0 Å². The Morgan fingerprint density at radius 1 is 1.39 bits per heavy atom. The fraction of sp³-hybridized carbons (Fsp3) is 0.500. The van der Waals surface area contributed by atoms with Crippen LogP contribution in [0.4, 0.5) is 0 Å². The van der Waals surface area contributed by atoms with Gasteiger partial charge in [0.25, 0.3) is 0 Å². The quantitative estimate of drug-likeness (QED) is 0.751. The standard InChI is InChI=1S/C14H23N3O/c1-16-14(18)8-9-17(2)11-13(10-15)12-6-4-3-5-7-12/h3-7,13H,8-11,15H2,1-2H3,(H,16,18). The summed E-state index contributed by atoms with van der Waals surface area (Å²) < 4.78 is 0. The summed E-state index contributed by atoms with van der Waals surface area (Å²) in [4.78, 5) is 13.3. The molecule has 0 radical (unpaired) electrons. The third-order valence-corrected chi connectivity index (χ3v) is 3.09. The molecule has 0 aromatic heterocycles. The van der Waals surface area contributed by atoms with Gasteiger partial charge in [0.15, 0.2) is 0 Å². The van der Waals surface area contributed by atoms with E-state index in [-0.39, 0.29) is 5.91 Å². The highest BCUT2D eigenvalue weighted by molar-refractivity contribution is 5.75. The first-order chi connectivity index (χ1) is 8.67. The minimum atomic E-state index is 0.0749. The van der Waals surface area contributed by atoms with Gasteiger partial charge in [-0.2, -0.15) is 0 Å². The van der Waals surface area contributed by atoms with E-state index >= 15 is 0 Å². The van der Waals surface area contributed by atoms with E-state index in [0.717, 1.165) is 13.1 Å². The fourth-order valence-corrected chi connectivity index (χ4v) is 1.93. The van der Waals surface area contributed by atoms with Gasteiger partial charge in [-0.15, -0.1) is 0 Å². The highest BCUT2D eigenvalue weighted by atomic mass is 16.1. The van der Waals surface area contributed by atoms with E-state index in [0.29, 0.717) is 18.9 Å². The number of nitrogens with one attached hydrogen (secondary N) is 1. The molecule has 0 aliphatic heterocycles. The van der Waals surface area contributed by atoms with Crippen molar-refractivity contribution in [2.75, 3.05) is 33.7 Å². The minimum Gasteiger partial charge on any atom is -0.359 e. The second kappa shape index (κ2) is 7.84. The van der Waals surface area contributed by atoms with E-state index in [4.69, 9.17) is 5.73 Å². The smallest absolute Gasteiger partial charge is 0.221 e. The average Bonchev–Trinajstić information content (AvgIpc) is 2.43. The van der Waals surface area contributed by atoms with E-state index in [1.54, 1.807) is 7.05 Å². The molecule has 0 fully saturated rings. The summed E-state index contributed by atoms with van der Waals surface area (Å²) in [6.07, 6.45) is 0.527. The summed E-state index contributed by atoms with van der Waals surface area (Å²) in [6.45, 7) is 2.24. The highest BCUT2D eigenvalue weighted by Crippen LogP contribution is 2.15. The van der Waals surface area contributed by atoms with E-state index < -0.39 is 0 Å². The molecule has 1 aromatic rings. The number of nitrogens with two attached hydrogens (primary N) is 1. The molecule has 0 bridgehead atoms. The van der Waals surface area contributed by atoms with Gasteiger partial charge >= 0.3 is 0 Å². The zero-order chi connectivity index (χ0) is 13.4. The Morgan fingerprint density at radius 2 is 2.06 bits per heavy atom. The number of hydrogen-bond acceptors (Lipinski definition) is 3. The Balaban J connectivity index is 2.46. The van der Waals surface area contributed by atoms with Gasteiger partial charge < -0.3 is 16.0 Å². The van der Waals surface area contributed by atoms with Crippen LogP contribution in [0.15, 0.2) is 30.3 Å². The Morgan fingerprint density at radius 3 is 2.61 bits per heavy atom. The molecule has 0 spiro atoms. The molecule has 0 aliphatic carbocycles. The van der Waals surface area contributed by atoms with Gasteiger partial charge in [-0.05, 0) is 12.6 Å². The molecule has 4 nitrogen and oxygen atoms in total. The van der Waals surface area contributed by atoms with Crippen LogP contribution in [0, 0.1) is 0 Å². The second-order valence-electron chi connectivity index (χ2n) is 4.53. The predicted octanol–water partition coefficient (Wildman–Crippen LogP) is 0.797. The Hall–Kier alpha value is -1.39. The lowest BCUT2D eigenvalue weighted by atomic mass is 9.99. The van der Waals surface area contributed by atoms with Crippen LogP contribution in [0.5, 0.6) is 0 Å². The summed E-state index contributed by atoms with van der Waals surface area (Å²) in [5.74, 6) is 0.395. The molecule has 0 saturated heterocycles. The maximum Gasteiger partial charge on any atom is 0.221 e. The van der Waals surface area contributed by atoms with Crippen molar-refractivity contribution in [1.82, 2.24) is 10.2 Å². The number of carbonyl (C=O) groups is 1. The van der Waals surface area contributed by atoms with E-state index in [1.165, 1.54) is 5.56 Å². The summed E-state index contributed by atoms with van der Waals surface area (Å²) in [7, 11) is 3.68. The number of likely N-dealkylation sites (N-methyl/N-ethyl adjacent to an activating group) is 1. The molecule has 18 heavy (non-hydrogen) atoms. The Labute approximate surface area is 109 Å². The molecule has 4 heteroatoms. The van der Waals surface area contributed by atoms with Crippen molar-refractivity contribution in [2.45, 2.75) is 12.3 Å². The van der Waals surface area contributed by atoms with Crippen LogP contribution in [0.3, 0.4) is 0 Å². The Bertz CT molecular complexity index is 353. The predicted molar refractivity (Wildman–Crippen MR) is 74.4 cm³/mol. The largest absolute Gasteiger partial charge is 0.359 e. The second-order valence-corrected chi connectivity index (χ2v) is 4.53. The molecular formula is C14H23N3O. The number of carbonyl (C=O) groups excluding carboxylic acids is 1. The lowest BCUT2D eigenvalue weighted by Crippen LogP contribution is -2.32. The van der Waals surface area contributed by atoms with E-state index in [9.17, 15) is 4.79 Å². The zero-order valence-electron chi connectivity index (χ0n) is 11.2. The molecule has 1 amide bonds. The van der Waals surface area contributed by atoms with Gasteiger partial charge in [0.1, 0.15) is 0 Å². The molecule has 3 N–H and O–H groups in total. The lowest BCUT2D eigenvalue weighted by molar-refractivity contribution is -0.120. The van der Waals surface area contributed by atoms with Crippen LogP contribution in [0.1, 0.15) is 17.9 Å². The zero-order valence-corrected chi connectivity index (χ0v) is 11.2. The maximum absolute atomic E-state index is 11.2. The number of rotatable bonds is 7. The number of nitrogens with zero attached hydrogens (tertiary/aromatic N) is 1. The van der Waals surface area contributed by atoms with Crippen LogP contribution in [-0.4, -0.2) is 44.5 Å². The third kappa shape index (κ3) is 4.85. The van der Waals surface area contributed by atoms with Crippen molar-refractivity contribution < 1.29 is 4.79 Å². The van der Waals surface area contributed by atoms with Gasteiger partial charge in [-0.3, -0.25) is 4.79 Å². The average molecular weight is 249 g/mol. The maximum atomic E-state index is 11.2. The Kier molecular flexibility index (Phi) is 6.39. The molecule has 1 atom stereocenters.